The van der Waals surface area contributed by atoms with Crippen molar-refractivity contribution in [3.05, 3.63) is 212 Å². The van der Waals surface area contributed by atoms with Crippen LogP contribution in [-0.2, 0) is 0 Å². The van der Waals surface area contributed by atoms with E-state index in [9.17, 15) is 0 Å². The van der Waals surface area contributed by atoms with Crippen LogP contribution in [0, 0.1) is 0 Å². The Hall–Kier alpha value is -8.41. The lowest BCUT2D eigenvalue weighted by molar-refractivity contribution is 1.07. The predicted molar refractivity (Wildman–Crippen MR) is 257 cm³/mol. The summed E-state index contributed by atoms with van der Waals surface area (Å²) in [5.41, 5.74) is 9.40. The second-order valence-corrected chi connectivity index (χ2v) is 16.0. The Morgan fingerprint density at radius 3 is 1.69 bits per heavy atom. The van der Waals surface area contributed by atoms with Crippen LogP contribution >= 0.6 is 0 Å². The first-order valence-electron chi connectivity index (χ1n) is 21.0. The zero-order valence-electron chi connectivity index (χ0n) is 33.4. The van der Waals surface area contributed by atoms with Crippen molar-refractivity contribution in [2.24, 2.45) is 0 Å². The summed E-state index contributed by atoms with van der Waals surface area (Å²) in [6.45, 7) is 0. The summed E-state index contributed by atoms with van der Waals surface area (Å²) in [5, 5.41) is 11.5. The van der Waals surface area contributed by atoms with E-state index in [1.54, 1.807) is 0 Å². The number of rotatable bonds is 5. The fourth-order valence-electron chi connectivity index (χ4n) is 9.72. The topological polar surface area (TPSA) is 48.5 Å². The van der Waals surface area contributed by atoms with Gasteiger partial charge in [-0.3, -0.25) is 0 Å². The summed E-state index contributed by atoms with van der Waals surface area (Å²) < 4.78 is 4.75. The molecule has 3 aromatic heterocycles. The largest absolute Gasteiger partial charge is 0.309 e. The third-order valence-corrected chi connectivity index (χ3v) is 12.5. The molecule has 5 heteroatoms. The molecule has 0 saturated heterocycles. The lowest BCUT2D eigenvalue weighted by Crippen LogP contribution is -2.04. The van der Waals surface area contributed by atoms with Crippen LogP contribution in [0.15, 0.2) is 212 Å². The van der Waals surface area contributed by atoms with Gasteiger partial charge < -0.3 is 9.13 Å². The van der Waals surface area contributed by atoms with Crippen LogP contribution in [0.2, 0.25) is 0 Å². The monoisotopic (exact) mass is 789 g/mol. The van der Waals surface area contributed by atoms with E-state index in [-0.39, 0.29) is 0 Å². The molecular weight excluding hydrogens is 755 g/mol. The van der Waals surface area contributed by atoms with Gasteiger partial charge in [-0.25, -0.2) is 15.0 Å². The molecule has 0 amide bonds. The number of hydrogen-bond donors (Lipinski definition) is 0. The van der Waals surface area contributed by atoms with E-state index in [1.165, 1.54) is 26.9 Å². The van der Waals surface area contributed by atoms with Crippen molar-refractivity contribution in [2.45, 2.75) is 0 Å². The van der Waals surface area contributed by atoms with E-state index in [2.05, 4.69) is 221 Å². The van der Waals surface area contributed by atoms with Gasteiger partial charge in [-0.1, -0.05) is 158 Å². The Balaban J connectivity index is 1.15. The first-order valence-corrected chi connectivity index (χ1v) is 21.0. The van der Waals surface area contributed by atoms with Crippen molar-refractivity contribution >= 4 is 75.9 Å². The Labute approximate surface area is 356 Å². The maximum Gasteiger partial charge on any atom is 0.166 e. The van der Waals surface area contributed by atoms with E-state index in [0.717, 1.165) is 77.1 Å². The molecule has 10 aromatic carbocycles. The third kappa shape index (κ3) is 5.25. The first kappa shape index (κ1) is 34.5. The minimum absolute atomic E-state index is 0.612. The summed E-state index contributed by atoms with van der Waals surface area (Å²) in [4.78, 5) is 16.5. The molecule has 0 atom stereocenters. The molecule has 288 valence electrons. The van der Waals surface area contributed by atoms with Gasteiger partial charge in [0.1, 0.15) is 0 Å². The maximum absolute atomic E-state index is 5.59. The number of fused-ring (bicyclic) bond motifs is 9. The molecule has 0 aliphatic heterocycles. The van der Waals surface area contributed by atoms with E-state index >= 15 is 0 Å². The van der Waals surface area contributed by atoms with Gasteiger partial charge in [0.25, 0.3) is 0 Å². The highest BCUT2D eigenvalue weighted by atomic mass is 15.1. The highest BCUT2D eigenvalue weighted by molar-refractivity contribution is 6.16. The predicted octanol–water partition coefficient (Wildman–Crippen LogP) is 14.5. The zero-order valence-corrected chi connectivity index (χ0v) is 33.4. The molecule has 3 heterocycles. The molecule has 13 rings (SSSR count). The number of aromatic nitrogens is 5. The average Bonchev–Trinajstić information content (AvgIpc) is 3.85. The van der Waals surface area contributed by atoms with Gasteiger partial charge in [-0.2, -0.15) is 0 Å². The van der Waals surface area contributed by atoms with Gasteiger partial charge in [0, 0.05) is 38.4 Å². The fourth-order valence-corrected chi connectivity index (χ4v) is 9.72. The van der Waals surface area contributed by atoms with E-state index in [1.807, 2.05) is 0 Å². The molecule has 0 aliphatic carbocycles. The van der Waals surface area contributed by atoms with Crippen molar-refractivity contribution < 1.29 is 0 Å². The van der Waals surface area contributed by atoms with E-state index < -0.39 is 0 Å². The Bertz CT molecular complexity index is 3930. The molecule has 13 aromatic rings. The van der Waals surface area contributed by atoms with Crippen LogP contribution < -0.4 is 0 Å². The maximum atomic E-state index is 5.59. The quantitative estimate of drug-likeness (QED) is 0.174. The second kappa shape index (κ2) is 13.6. The average molecular weight is 790 g/mol. The highest BCUT2D eigenvalue weighted by Gasteiger charge is 2.24. The fraction of sp³-hybridized carbons (Fsp3) is 0. The molecule has 0 radical (unpaired) electrons. The minimum Gasteiger partial charge on any atom is -0.309 e. The van der Waals surface area contributed by atoms with Crippen molar-refractivity contribution in [3.8, 4) is 45.5 Å². The van der Waals surface area contributed by atoms with Crippen LogP contribution in [-0.4, -0.2) is 24.1 Å². The van der Waals surface area contributed by atoms with Crippen molar-refractivity contribution in [3.63, 3.8) is 0 Å². The van der Waals surface area contributed by atoms with Crippen molar-refractivity contribution in [1.29, 1.82) is 0 Å². The van der Waals surface area contributed by atoms with Gasteiger partial charge in [0.2, 0.25) is 0 Å². The van der Waals surface area contributed by atoms with Gasteiger partial charge >= 0.3 is 0 Å². The summed E-state index contributed by atoms with van der Waals surface area (Å²) in [7, 11) is 0. The van der Waals surface area contributed by atoms with Gasteiger partial charge in [0.15, 0.2) is 17.5 Å². The lowest BCUT2D eigenvalue weighted by atomic mass is 10.0. The van der Waals surface area contributed by atoms with Crippen LogP contribution in [0.4, 0.5) is 0 Å². The molecule has 0 bridgehead atoms. The van der Waals surface area contributed by atoms with Crippen LogP contribution in [0.1, 0.15) is 0 Å². The van der Waals surface area contributed by atoms with Gasteiger partial charge in [-0.05, 0) is 86.9 Å². The smallest absolute Gasteiger partial charge is 0.166 e. The summed E-state index contributed by atoms with van der Waals surface area (Å²) in [6, 6.07) is 75.7. The Morgan fingerprint density at radius 2 is 0.887 bits per heavy atom. The van der Waals surface area contributed by atoms with Crippen LogP contribution in [0.3, 0.4) is 0 Å². The Kier molecular flexibility index (Phi) is 7.54. The number of hydrogen-bond acceptors (Lipinski definition) is 3. The van der Waals surface area contributed by atoms with Crippen LogP contribution in [0.5, 0.6) is 0 Å². The lowest BCUT2D eigenvalue weighted by Gasteiger charge is -2.17. The van der Waals surface area contributed by atoms with Gasteiger partial charge in [0.05, 0.1) is 33.3 Å². The molecule has 62 heavy (non-hydrogen) atoms. The number of para-hydroxylation sites is 3. The molecule has 5 nitrogen and oxygen atoms in total. The molecular formula is C57H35N5. The number of nitrogens with zero attached hydrogens (tertiary/aromatic N) is 5. The molecule has 0 spiro atoms. The molecule has 0 fully saturated rings. The molecule has 0 saturated carbocycles. The zero-order chi connectivity index (χ0) is 40.7. The SMILES string of the molecule is c1ccc(-n2c3ccccc3c3c(-c4nc(-c5ccc6ccccc6c5)nc(-c5c(-n6c7ccccc7c7cc8ccccc8cc76)ccc6ccccc56)n4)cccc32)cc1. The third-order valence-electron chi connectivity index (χ3n) is 12.5. The van der Waals surface area contributed by atoms with E-state index in [0.29, 0.717) is 17.5 Å². The van der Waals surface area contributed by atoms with Gasteiger partial charge in [-0.15, -0.1) is 0 Å². The van der Waals surface area contributed by atoms with Crippen molar-refractivity contribution in [2.75, 3.05) is 0 Å². The normalized spacial score (nSPS) is 11.9. The second-order valence-electron chi connectivity index (χ2n) is 16.0. The van der Waals surface area contributed by atoms with Crippen molar-refractivity contribution in [1.82, 2.24) is 24.1 Å². The number of benzene rings is 10. The Morgan fingerprint density at radius 1 is 0.306 bits per heavy atom. The standard InChI is InChI=1S/C57H35N5/c1-2-20-42(21-3-1)61-49-27-13-11-24-45(49)53-46(25-14-28-50(53)61)56-58-55(41-30-29-36-15-4-5-17-38(36)33-41)59-57(60-56)54-43-22-9-8-16-37(43)31-32-51(54)62-48-26-12-10-23-44(48)47-34-39-18-6-7-19-40(39)35-52(47)62/h1-35H. The van der Waals surface area contributed by atoms with E-state index in [4.69, 9.17) is 15.0 Å². The van der Waals surface area contributed by atoms with Crippen LogP contribution in [0.25, 0.3) is 121 Å². The summed E-state index contributed by atoms with van der Waals surface area (Å²) in [6.07, 6.45) is 0. The molecule has 0 N–H and O–H groups in total. The highest BCUT2D eigenvalue weighted by Crippen LogP contribution is 2.42. The molecule has 0 unspecified atom stereocenters. The summed E-state index contributed by atoms with van der Waals surface area (Å²) >= 11 is 0. The minimum atomic E-state index is 0.612. The summed E-state index contributed by atoms with van der Waals surface area (Å²) in [5.74, 6) is 1.85. The first-order chi connectivity index (χ1) is 30.7. The molecule has 0 aliphatic rings.